The summed E-state index contributed by atoms with van der Waals surface area (Å²) in [6.07, 6.45) is 4.56. The van der Waals surface area contributed by atoms with Gasteiger partial charge in [-0.25, -0.2) is 4.39 Å². The number of hydrogen-bond acceptors (Lipinski definition) is 2. The second kappa shape index (κ2) is 5.37. The maximum atomic E-state index is 13.6. The van der Waals surface area contributed by atoms with E-state index in [1.165, 1.54) is 6.07 Å². The lowest BCUT2D eigenvalue weighted by Gasteiger charge is -2.31. The number of halogens is 2. The predicted molar refractivity (Wildman–Crippen MR) is 70.1 cm³/mol. The van der Waals surface area contributed by atoms with Gasteiger partial charge in [-0.15, -0.1) is 0 Å². The lowest BCUT2D eigenvalue weighted by molar-refractivity contribution is -0.124. The van der Waals surface area contributed by atoms with E-state index >= 15 is 0 Å². The number of hydrogen-bond donors (Lipinski definition) is 1. The highest BCUT2D eigenvalue weighted by atomic mass is 35.5. The Balaban J connectivity index is 2.11. The summed E-state index contributed by atoms with van der Waals surface area (Å²) in [4.78, 5) is 12.2. The van der Waals surface area contributed by atoms with Crippen molar-refractivity contribution in [2.24, 2.45) is 5.73 Å². The Bertz CT molecular complexity index is 455. The third kappa shape index (κ3) is 2.90. The molecule has 1 aromatic rings. The highest BCUT2D eigenvalue weighted by Gasteiger charge is 2.34. The first-order chi connectivity index (χ1) is 8.51. The van der Waals surface area contributed by atoms with Crippen molar-refractivity contribution in [1.82, 2.24) is 0 Å². The van der Waals surface area contributed by atoms with Gasteiger partial charge < -0.3 is 5.73 Å². The third-order valence-corrected chi connectivity index (χ3v) is 3.90. The van der Waals surface area contributed by atoms with E-state index in [1.54, 1.807) is 12.1 Å². The molecule has 0 bridgehead atoms. The molecule has 2 N–H and O–H groups in total. The molecule has 1 aliphatic carbocycles. The predicted octanol–water partition coefficient (Wildman–Crippen LogP) is 3.25. The van der Waals surface area contributed by atoms with Crippen LogP contribution in [0.3, 0.4) is 0 Å². The van der Waals surface area contributed by atoms with Gasteiger partial charge >= 0.3 is 0 Å². The monoisotopic (exact) mass is 269 g/mol. The van der Waals surface area contributed by atoms with E-state index < -0.39 is 11.4 Å². The van der Waals surface area contributed by atoms with Crippen molar-refractivity contribution >= 4 is 17.4 Å². The normalized spacial score (nSPS) is 18.6. The minimum absolute atomic E-state index is 0.0551. The molecule has 2 nitrogen and oxygen atoms in total. The molecule has 0 aromatic heterocycles. The van der Waals surface area contributed by atoms with Gasteiger partial charge in [0.2, 0.25) is 0 Å². The van der Waals surface area contributed by atoms with Gasteiger partial charge in [0, 0.05) is 11.4 Å². The van der Waals surface area contributed by atoms with Gasteiger partial charge in [-0.2, -0.15) is 0 Å². The van der Waals surface area contributed by atoms with Crippen LogP contribution < -0.4 is 5.73 Å². The molecular weight excluding hydrogens is 253 g/mol. The summed E-state index contributed by atoms with van der Waals surface area (Å²) in [5, 5.41) is 0.337. The van der Waals surface area contributed by atoms with Crippen LogP contribution in [-0.4, -0.2) is 11.3 Å². The van der Waals surface area contributed by atoms with Gasteiger partial charge in [0.15, 0.2) is 5.78 Å². The summed E-state index contributed by atoms with van der Waals surface area (Å²) in [6.45, 7) is 0. The van der Waals surface area contributed by atoms with E-state index in [9.17, 15) is 9.18 Å². The largest absolute Gasteiger partial charge is 0.319 e. The van der Waals surface area contributed by atoms with Crippen LogP contribution >= 0.6 is 11.6 Å². The Morgan fingerprint density at radius 1 is 1.33 bits per heavy atom. The summed E-state index contributed by atoms with van der Waals surface area (Å²) >= 11 is 5.68. The van der Waals surface area contributed by atoms with Crippen molar-refractivity contribution in [3.8, 4) is 0 Å². The summed E-state index contributed by atoms with van der Waals surface area (Å²) < 4.78 is 13.6. The molecule has 0 spiro atoms. The first-order valence-corrected chi connectivity index (χ1v) is 6.65. The van der Waals surface area contributed by atoms with Gasteiger partial charge in [-0.3, -0.25) is 4.79 Å². The zero-order valence-electron chi connectivity index (χ0n) is 10.2. The van der Waals surface area contributed by atoms with E-state index in [-0.39, 0.29) is 12.2 Å². The third-order valence-electron chi connectivity index (χ3n) is 3.67. The molecule has 0 amide bonds. The van der Waals surface area contributed by atoms with Crippen LogP contribution in [-0.2, 0) is 11.2 Å². The Labute approximate surface area is 111 Å². The van der Waals surface area contributed by atoms with Gasteiger partial charge in [-0.1, -0.05) is 36.9 Å². The standard InChI is InChI=1S/C14H17ClFNO/c15-11-5-4-10(12(16)9-11)8-13(18)14(17)6-2-1-3-7-14/h4-5,9H,1-3,6-8,17H2. The number of carbonyl (C=O) groups is 1. The molecular formula is C14H17ClFNO. The topological polar surface area (TPSA) is 43.1 Å². The zero-order chi connectivity index (χ0) is 13.2. The molecule has 98 valence electrons. The molecule has 1 aromatic carbocycles. The lowest BCUT2D eigenvalue weighted by atomic mass is 9.78. The molecule has 1 aliphatic rings. The smallest absolute Gasteiger partial charge is 0.157 e. The SMILES string of the molecule is NC1(C(=O)Cc2ccc(Cl)cc2F)CCCCC1. The van der Waals surface area contributed by atoms with Crippen LogP contribution in [0.25, 0.3) is 0 Å². The van der Waals surface area contributed by atoms with Crippen LogP contribution in [0.2, 0.25) is 5.02 Å². The molecule has 0 saturated heterocycles. The molecule has 1 fully saturated rings. The van der Waals surface area contributed by atoms with Crippen molar-refractivity contribution < 1.29 is 9.18 Å². The van der Waals surface area contributed by atoms with Crippen molar-refractivity contribution in [2.45, 2.75) is 44.1 Å². The Morgan fingerprint density at radius 2 is 2.00 bits per heavy atom. The van der Waals surface area contributed by atoms with Gasteiger partial charge in [0.1, 0.15) is 5.82 Å². The van der Waals surface area contributed by atoms with E-state index in [2.05, 4.69) is 0 Å². The van der Waals surface area contributed by atoms with E-state index in [1.807, 2.05) is 0 Å². The van der Waals surface area contributed by atoms with Crippen molar-refractivity contribution in [1.29, 1.82) is 0 Å². The Morgan fingerprint density at radius 3 is 2.61 bits per heavy atom. The number of nitrogens with two attached hydrogens (primary N) is 1. The summed E-state index contributed by atoms with van der Waals surface area (Å²) in [5.74, 6) is -0.501. The maximum absolute atomic E-state index is 13.6. The average molecular weight is 270 g/mol. The second-order valence-electron chi connectivity index (χ2n) is 5.05. The van der Waals surface area contributed by atoms with Gasteiger partial charge in [0.05, 0.1) is 5.54 Å². The molecule has 0 heterocycles. The van der Waals surface area contributed by atoms with Crippen LogP contribution in [0, 0.1) is 5.82 Å². The van der Waals surface area contributed by atoms with Crippen LogP contribution in [0.1, 0.15) is 37.7 Å². The fraction of sp³-hybridized carbons (Fsp3) is 0.500. The minimum atomic E-state index is -0.760. The van der Waals surface area contributed by atoms with Crippen molar-refractivity contribution in [3.05, 3.63) is 34.6 Å². The number of ketones is 1. The Kier molecular flexibility index (Phi) is 4.03. The summed E-state index contributed by atoms with van der Waals surface area (Å²) in [7, 11) is 0. The van der Waals surface area contributed by atoms with Gasteiger partial charge in [0.25, 0.3) is 0 Å². The van der Waals surface area contributed by atoms with Gasteiger partial charge in [-0.05, 0) is 30.5 Å². The molecule has 0 unspecified atom stereocenters. The molecule has 1 saturated carbocycles. The molecule has 0 radical (unpaired) electrons. The number of carbonyl (C=O) groups excluding carboxylic acids is 1. The molecule has 18 heavy (non-hydrogen) atoms. The van der Waals surface area contributed by atoms with E-state index in [0.717, 1.165) is 19.3 Å². The second-order valence-corrected chi connectivity index (χ2v) is 5.49. The highest BCUT2D eigenvalue weighted by Crippen LogP contribution is 2.28. The number of Topliss-reactive ketones (excluding diaryl/α,β-unsaturated/α-hetero) is 1. The highest BCUT2D eigenvalue weighted by molar-refractivity contribution is 6.30. The van der Waals surface area contributed by atoms with Crippen LogP contribution in [0.15, 0.2) is 18.2 Å². The van der Waals surface area contributed by atoms with Crippen molar-refractivity contribution in [3.63, 3.8) is 0 Å². The molecule has 4 heteroatoms. The molecule has 2 rings (SSSR count). The van der Waals surface area contributed by atoms with Crippen LogP contribution in [0.4, 0.5) is 4.39 Å². The fourth-order valence-electron chi connectivity index (χ4n) is 2.48. The van der Waals surface area contributed by atoms with Crippen LogP contribution in [0.5, 0.6) is 0 Å². The fourth-order valence-corrected chi connectivity index (χ4v) is 2.63. The minimum Gasteiger partial charge on any atom is -0.319 e. The molecule has 0 aliphatic heterocycles. The summed E-state index contributed by atoms with van der Waals surface area (Å²) in [5.41, 5.74) is 5.75. The molecule has 0 atom stereocenters. The first-order valence-electron chi connectivity index (χ1n) is 6.27. The average Bonchev–Trinajstić information content (AvgIpc) is 2.33. The number of rotatable bonds is 3. The Hall–Kier alpha value is -0.930. The first kappa shape index (κ1) is 13.5. The van der Waals surface area contributed by atoms with E-state index in [4.69, 9.17) is 17.3 Å². The summed E-state index contributed by atoms with van der Waals surface area (Å²) in [6, 6.07) is 4.38. The maximum Gasteiger partial charge on any atom is 0.157 e. The zero-order valence-corrected chi connectivity index (χ0v) is 11.0. The quantitative estimate of drug-likeness (QED) is 0.915. The lowest BCUT2D eigenvalue weighted by Crippen LogP contribution is -2.50. The van der Waals surface area contributed by atoms with Crippen molar-refractivity contribution in [2.75, 3.05) is 0 Å². The van der Waals surface area contributed by atoms with E-state index in [0.29, 0.717) is 23.4 Å². The number of benzene rings is 1.